The van der Waals surface area contributed by atoms with Gasteiger partial charge in [-0.2, -0.15) is 10.1 Å². The Morgan fingerprint density at radius 1 is 1.14 bits per heavy atom. The van der Waals surface area contributed by atoms with Gasteiger partial charge in [-0.1, -0.05) is 5.16 Å². The Hall–Kier alpha value is -4.07. The van der Waals surface area contributed by atoms with Crippen molar-refractivity contribution in [2.24, 2.45) is 10.1 Å². The number of hydrogen-bond acceptors (Lipinski definition) is 10. The summed E-state index contributed by atoms with van der Waals surface area (Å²) in [6, 6.07) is 6.99. The van der Waals surface area contributed by atoms with E-state index in [9.17, 15) is 13.2 Å². The molecule has 1 aliphatic rings. The summed E-state index contributed by atoms with van der Waals surface area (Å²) in [6.45, 7) is 9.46. The van der Waals surface area contributed by atoms with Gasteiger partial charge in [0, 0.05) is 44.7 Å². The topological polar surface area (TPSA) is 108 Å². The van der Waals surface area contributed by atoms with Crippen LogP contribution in [0.2, 0.25) is 0 Å². The molecule has 1 fully saturated rings. The van der Waals surface area contributed by atoms with Gasteiger partial charge in [0.05, 0.1) is 12.2 Å². The molecular weight excluding hydrogens is 491 g/mol. The van der Waals surface area contributed by atoms with E-state index in [1.165, 1.54) is 24.3 Å². The van der Waals surface area contributed by atoms with Gasteiger partial charge >= 0.3 is 6.36 Å². The second-order valence-corrected chi connectivity index (χ2v) is 8.28. The van der Waals surface area contributed by atoms with Crippen LogP contribution in [0.5, 0.6) is 5.75 Å². The number of alkyl halides is 3. The summed E-state index contributed by atoms with van der Waals surface area (Å²) in [4.78, 5) is 22.2. The molecule has 14 heteroatoms. The van der Waals surface area contributed by atoms with E-state index < -0.39 is 6.36 Å². The van der Waals surface area contributed by atoms with Crippen molar-refractivity contribution in [1.82, 2.24) is 30.0 Å². The summed E-state index contributed by atoms with van der Waals surface area (Å²) in [5, 5.41) is 9.52. The Kier molecular flexibility index (Phi) is 7.96. The first-order valence-corrected chi connectivity index (χ1v) is 11.4. The summed E-state index contributed by atoms with van der Waals surface area (Å²) in [7, 11) is 2.09. The number of anilines is 1. The van der Waals surface area contributed by atoms with Gasteiger partial charge in [-0.3, -0.25) is 4.99 Å². The van der Waals surface area contributed by atoms with Crippen LogP contribution in [0.25, 0.3) is 11.4 Å². The second kappa shape index (κ2) is 11.3. The third-order valence-electron chi connectivity index (χ3n) is 5.60. The standard InChI is InChI=1S/C23H26F3N9O2/c1-16(35(27-2)15-18-8-9-28-22(30-18)34-12-10-33(3)11-13-34)29-14-20-31-21(32-37-20)17-4-6-19(7-5-17)36-23(24,25)26/h4-9H,2,10-15H2,1,3H3/b29-16-. The van der Waals surface area contributed by atoms with Crippen LogP contribution in [0.4, 0.5) is 19.1 Å². The monoisotopic (exact) mass is 517 g/mol. The Morgan fingerprint density at radius 2 is 1.86 bits per heavy atom. The minimum atomic E-state index is -4.76. The van der Waals surface area contributed by atoms with Crippen molar-refractivity contribution >= 4 is 18.5 Å². The fourth-order valence-electron chi connectivity index (χ4n) is 3.56. The smallest absolute Gasteiger partial charge is 0.406 e. The fourth-order valence-corrected chi connectivity index (χ4v) is 3.56. The Labute approximate surface area is 211 Å². The zero-order valence-corrected chi connectivity index (χ0v) is 20.4. The Bertz CT molecular complexity index is 1220. The predicted octanol–water partition coefficient (Wildman–Crippen LogP) is 3.21. The third kappa shape index (κ3) is 7.22. The van der Waals surface area contributed by atoms with Crippen LogP contribution in [0.15, 0.2) is 51.1 Å². The SMILES string of the molecule is C=NN(Cc1ccnc(N2CCN(C)CC2)n1)/C(C)=N\Cc1nc(-c2ccc(OC(F)(F)F)cc2)no1. The molecule has 0 N–H and O–H groups in total. The van der Waals surface area contributed by atoms with Crippen LogP contribution in [0.1, 0.15) is 18.5 Å². The van der Waals surface area contributed by atoms with Crippen molar-refractivity contribution in [3.63, 3.8) is 0 Å². The van der Waals surface area contributed by atoms with Crippen LogP contribution in [-0.4, -0.2) is 82.2 Å². The van der Waals surface area contributed by atoms with Crippen molar-refractivity contribution in [2.45, 2.75) is 26.4 Å². The van der Waals surface area contributed by atoms with Gasteiger partial charge in [0.2, 0.25) is 17.7 Å². The average Bonchev–Trinajstić information content (AvgIpc) is 3.35. The minimum Gasteiger partial charge on any atom is -0.406 e. The first-order chi connectivity index (χ1) is 17.7. The number of nitrogens with zero attached hydrogens (tertiary/aromatic N) is 9. The highest BCUT2D eigenvalue weighted by Gasteiger charge is 2.31. The zero-order chi connectivity index (χ0) is 26.4. The van der Waals surface area contributed by atoms with Gasteiger partial charge in [-0.25, -0.2) is 15.0 Å². The Morgan fingerprint density at radius 3 is 2.54 bits per heavy atom. The van der Waals surface area contributed by atoms with E-state index in [-0.39, 0.29) is 24.0 Å². The first kappa shape index (κ1) is 26.0. The van der Waals surface area contributed by atoms with Crippen LogP contribution < -0.4 is 9.64 Å². The first-order valence-electron chi connectivity index (χ1n) is 11.4. The van der Waals surface area contributed by atoms with Crippen LogP contribution >= 0.6 is 0 Å². The largest absolute Gasteiger partial charge is 0.573 e. The van der Waals surface area contributed by atoms with E-state index in [1.807, 2.05) is 6.07 Å². The molecule has 0 amide bonds. The normalized spacial score (nSPS) is 15.1. The molecule has 4 rings (SSSR count). The number of aliphatic imine (C=N–C) groups is 1. The number of ether oxygens (including phenoxy) is 1. The van der Waals surface area contributed by atoms with E-state index in [2.05, 4.69) is 58.5 Å². The van der Waals surface area contributed by atoms with E-state index in [0.717, 1.165) is 31.9 Å². The number of benzene rings is 1. The molecule has 1 aliphatic heterocycles. The van der Waals surface area contributed by atoms with E-state index >= 15 is 0 Å². The lowest BCUT2D eigenvalue weighted by molar-refractivity contribution is -0.274. The van der Waals surface area contributed by atoms with E-state index in [1.54, 1.807) is 18.1 Å². The van der Waals surface area contributed by atoms with Gasteiger partial charge in [0.15, 0.2) is 0 Å². The number of aromatic nitrogens is 4. The molecule has 1 saturated heterocycles. The highest BCUT2D eigenvalue weighted by Crippen LogP contribution is 2.25. The molecular formula is C23H26F3N9O2. The van der Waals surface area contributed by atoms with Crippen molar-refractivity contribution < 1.29 is 22.4 Å². The van der Waals surface area contributed by atoms with Crippen LogP contribution in [0.3, 0.4) is 0 Å². The molecule has 1 aromatic carbocycles. The van der Waals surface area contributed by atoms with Gasteiger partial charge in [0.25, 0.3) is 0 Å². The number of likely N-dealkylation sites (N-methyl/N-ethyl adjacent to an activating group) is 1. The third-order valence-corrected chi connectivity index (χ3v) is 5.60. The van der Waals surface area contributed by atoms with Crippen LogP contribution in [-0.2, 0) is 13.1 Å². The highest BCUT2D eigenvalue weighted by molar-refractivity contribution is 5.79. The van der Waals surface area contributed by atoms with Crippen molar-refractivity contribution in [1.29, 1.82) is 0 Å². The molecule has 0 saturated carbocycles. The van der Waals surface area contributed by atoms with Gasteiger partial charge in [0.1, 0.15) is 18.1 Å². The second-order valence-electron chi connectivity index (χ2n) is 8.28. The maximum atomic E-state index is 12.3. The van der Waals surface area contributed by atoms with Gasteiger partial charge in [-0.05, 0) is 44.3 Å². The highest BCUT2D eigenvalue weighted by atomic mass is 19.4. The number of halogens is 3. The maximum absolute atomic E-state index is 12.3. The molecule has 0 radical (unpaired) electrons. The molecule has 37 heavy (non-hydrogen) atoms. The molecule has 0 aliphatic carbocycles. The van der Waals surface area contributed by atoms with Crippen molar-refractivity contribution in [3.05, 3.63) is 48.1 Å². The Balaban J connectivity index is 1.37. The molecule has 0 spiro atoms. The van der Waals surface area contributed by atoms with E-state index in [4.69, 9.17) is 4.52 Å². The molecule has 0 unspecified atom stereocenters. The molecule has 3 aromatic rings. The lowest BCUT2D eigenvalue weighted by Gasteiger charge is -2.32. The summed E-state index contributed by atoms with van der Waals surface area (Å²) < 4.78 is 46.1. The van der Waals surface area contributed by atoms with Crippen molar-refractivity contribution in [3.8, 4) is 17.1 Å². The number of hydrazone groups is 1. The summed E-state index contributed by atoms with van der Waals surface area (Å²) in [6.07, 6.45) is -3.03. The summed E-state index contributed by atoms with van der Waals surface area (Å²) in [5.74, 6) is 1.35. The number of piperazine rings is 1. The lowest BCUT2D eigenvalue weighted by atomic mass is 10.2. The number of rotatable bonds is 8. The summed E-state index contributed by atoms with van der Waals surface area (Å²) >= 11 is 0. The van der Waals surface area contributed by atoms with Gasteiger partial charge in [-0.15, -0.1) is 13.2 Å². The number of amidine groups is 1. The fraction of sp³-hybridized carbons (Fsp3) is 0.391. The molecule has 196 valence electrons. The minimum absolute atomic E-state index is 0.0798. The molecule has 2 aromatic heterocycles. The average molecular weight is 518 g/mol. The maximum Gasteiger partial charge on any atom is 0.573 e. The molecule has 11 nitrogen and oxygen atoms in total. The molecule has 0 atom stereocenters. The quantitative estimate of drug-likeness (QED) is 0.253. The predicted molar refractivity (Wildman–Crippen MR) is 130 cm³/mol. The number of hydrogen-bond donors (Lipinski definition) is 0. The van der Waals surface area contributed by atoms with Crippen molar-refractivity contribution in [2.75, 3.05) is 38.1 Å². The van der Waals surface area contributed by atoms with E-state index in [0.29, 0.717) is 23.9 Å². The van der Waals surface area contributed by atoms with Crippen LogP contribution in [0, 0.1) is 0 Å². The zero-order valence-electron chi connectivity index (χ0n) is 20.4. The lowest BCUT2D eigenvalue weighted by Crippen LogP contribution is -2.45. The summed E-state index contributed by atoms with van der Waals surface area (Å²) in [5.41, 5.74) is 1.24. The molecule has 3 heterocycles. The van der Waals surface area contributed by atoms with Gasteiger partial charge < -0.3 is 19.1 Å². The molecule has 0 bridgehead atoms.